The van der Waals surface area contributed by atoms with Gasteiger partial charge in [0.05, 0.1) is 22.1 Å². The third kappa shape index (κ3) is 4.27. The minimum absolute atomic E-state index is 0.137. The van der Waals surface area contributed by atoms with Gasteiger partial charge < -0.3 is 14.6 Å². The average Bonchev–Trinajstić information content (AvgIpc) is 2.86. The zero-order valence-corrected chi connectivity index (χ0v) is 18.8. The molecule has 3 aromatic carbocycles. The summed E-state index contributed by atoms with van der Waals surface area (Å²) in [4.78, 5) is 28.5. The Balaban J connectivity index is 1.65. The number of allylic oxidation sites excluding steroid dienone is 1. The lowest BCUT2D eigenvalue weighted by Crippen LogP contribution is -2.15. The van der Waals surface area contributed by atoms with Crippen LogP contribution in [0.25, 0.3) is 28.1 Å². The highest BCUT2D eigenvalue weighted by Crippen LogP contribution is 2.39. The van der Waals surface area contributed by atoms with Crippen molar-refractivity contribution >= 4 is 40.1 Å². The van der Waals surface area contributed by atoms with Crippen LogP contribution in [-0.4, -0.2) is 28.9 Å². The summed E-state index contributed by atoms with van der Waals surface area (Å²) in [7, 11) is 0. The SMILES string of the molecule is O=C(C=Cc1cc2c(cc1[N+](=O)[O-])OCCO2)c1c([O-])nc2ccc(Cl)cc2c1-c1ccccc1. The van der Waals surface area contributed by atoms with Gasteiger partial charge in [-0.2, -0.15) is 0 Å². The Morgan fingerprint density at radius 3 is 2.46 bits per heavy atom. The summed E-state index contributed by atoms with van der Waals surface area (Å²) in [5.41, 5.74) is 1.17. The molecule has 0 amide bonds. The molecule has 0 N–H and O–H groups in total. The first-order chi connectivity index (χ1) is 16.9. The lowest BCUT2D eigenvalue weighted by Gasteiger charge is -2.19. The molecule has 0 atom stereocenters. The number of nitro benzene ring substituents is 1. The maximum atomic E-state index is 13.3. The van der Waals surface area contributed by atoms with E-state index in [-0.39, 0.29) is 29.2 Å². The number of carbonyl (C=O) groups excluding carboxylic acids is 1. The molecule has 0 bridgehead atoms. The molecule has 8 nitrogen and oxygen atoms in total. The van der Waals surface area contributed by atoms with Crippen LogP contribution in [0.4, 0.5) is 5.69 Å². The fourth-order valence-electron chi connectivity index (χ4n) is 3.98. The fourth-order valence-corrected chi connectivity index (χ4v) is 4.15. The third-order valence-electron chi connectivity index (χ3n) is 5.53. The number of pyridine rings is 1. The van der Waals surface area contributed by atoms with Crippen LogP contribution < -0.4 is 14.6 Å². The standard InChI is InChI=1S/C26H17ClN2O6/c27-17-7-8-19-18(13-17)24(15-4-2-1-3-5-15)25(26(31)28-19)21(30)9-6-16-12-22-23(35-11-10-34-22)14-20(16)29(32)33/h1-9,12-14H,10-11H2,(H,28,31)/p-1. The lowest BCUT2D eigenvalue weighted by molar-refractivity contribution is -0.385. The van der Waals surface area contributed by atoms with Gasteiger partial charge in [0.2, 0.25) is 0 Å². The van der Waals surface area contributed by atoms with Gasteiger partial charge in [-0.15, -0.1) is 0 Å². The molecule has 2 heterocycles. The average molecular weight is 488 g/mol. The van der Waals surface area contributed by atoms with Gasteiger partial charge in [0.15, 0.2) is 17.3 Å². The number of nitrogens with zero attached hydrogens (tertiary/aromatic N) is 2. The molecule has 0 fully saturated rings. The zero-order chi connectivity index (χ0) is 24.5. The first-order valence-electron chi connectivity index (χ1n) is 10.6. The Morgan fingerprint density at radius 1 is 1.03 bits per heavy atom. The first kappa shape index (κ1) is 22.4. The number of halogens is 1. The van der Waals surface area contributed by atoms with Crippen molar-refractivity contribution in [3.63, 3.8) is 0 Å². The van der Waals surface area contributed by atoms with Crippen molar-refractivity contribution < 1.29 is 24.3 Å². The van der Waals surface area contributed by atoms with E-state index < -0.39 is 16.6 Å². The number of aromatic nitrogens is 1. The summed E-state index contributed by atoms with van der Waals surface area (Å²) in [5, 5.41) is 25.6. The molecular weight excluding hydrogens is 472 g/mol. The molecule has 5 rings (SSSR count). The Hall–Kier alpha value is -4.43. The van der Waals surface area contributed by atoms with E-state index in [2.05, 4.69) is 4.98 Å². The van der Waals surface area contributed by atoms with Gasteiger partial charge in [0.1, 0.15) is 13.2 Å². The quantitative estimate of drug-likeness (QED) is 0.164. The van der Waals surface area contributed by atoms with Crippen LogP contribution in [0.3, 0.4) is 0 Å². The van der Waals surface area contributed by atoms with E-state index >= 15 is 0 Å². The summed E-state index contributed by atoms with van der Waals surface area (Å²) in [6, 6.07) is 16.5. The number of hydrogen-bond donors (Lipinski definition) is 0. The molecule has 35 heavy (non-hydrogen) atoms. The minimum Gasteiger partial charge on any atom is -0.858 e. The zero-order valence-electron chi connectivity index (χ0n) is 18.1. The number of ketones is 1. The first-order valence-corrected chi connectivity index (χ1v) is 11.0. The van der Waals surface area contributed by atoms with Crippen molar-refractivity contribution in [2.45, 2.75) is 0 Å². The third-order valence-corrected chi connectivity index (χ3v) is 5.76. The number of fused-ring (bicyclic) bond motifs is 2. The van der Waals surface area contributed by atoms with Crippen LogP contribution in [0.1, 0.15) is 15.9 Å². The van der Waals surface area contributed by atoms with E-state index in [4.69, 9.17) is 21.1 Å². The van der Waals surface area contributed by atoms with Crippen LogP contribution in [0, 0.1) is 10.1 Å². The van der Waals surface area contributed by atoms with Gasteiger partial charge in [-0.3, -0.25) is 19.9 Å². The summed E-state index contributed by atoms with van der Waals surface area (Å²) >= 11 is 6.21. The predicted octanol–water partition coefficient (Wildman–Crippen LogP) is 5.20. The monoisotopic (exact) mass is 487 g/mol. The highest BCUT2D eigenvalue weighted by atomic mass is 35.5. The van der Waals surface area contributed by atoms with E-state index in [1.54, 1.807) is 42.5 Å². The van der Waals surface area contributed by atoms with Gasteiger partial charge in [-0.25, -0.2) is 0 Å². The second-order valence-corrected chi connectivity index (χ2v) is 8.14. The molecule has 0 radical (unpaired) electrons. The Morgan fingerprint density at radius 2 is 1.74 bits per heavy atom. The van der Waals surface area contributed by atoms with Crippen molar-refractivity contribution in [3.05, 3.63) is 93.0 Å². The van der Waals surface area contributed by atoms with E-state index in [0.717, 1.165) is 6.08 Å². The van der Waals surface area contributed by atoms with E-state index in [9.17, 15) is 20.0 Å². The number of ether oxygens (including phenoxy) is 2. The second-order valence-electron chi connectivity index (χ2n) is 7.70. The topological polar surface area (TPSA) is 115 Å². The normalized spacial score (nSPS) is 12.7. The van der Waals surface area contributed by atoms with Crippen LogP contribution in [0.15, 0.2) is 66.7 Å². The summed E-state index contributed by atoms with van der Waals surface area (Å²) in [6.45, 7) is 0.587. The molecule has 0 unspecified atom stereocenters. The van der Waals surface area contributed by atoms with Crippen LogP contribution in [0.2, 0.25) is 5.02 Å². The molecule has 4 aromatic rings. The molecule has 1 aliphatic rings. The van der Waals surface area contributed by atoms with Crippen LogP contribution in [-0.2, 0) is 0 Å². The van der Waals surface area contributed by atoms with Crippen molar-refractivity contribution in [1.82, 2.24) is 4.98 Å². The highest BCUT2D eigenvalue weighted by molar-refractivity contribution is 6.31. The van der Waals surface area contributed by atoms with E-state index in [1.165, 1.54) is 18.2 Å². The van der Waals surface area contributed by atoms with Gasteiger partial charge in [0, 0.05) is 21.5 Å². The van der Waals surface area contributed by atoms with Crippen molar-refractivity contribution in [2.75, 3.05) is 13.2 Å². The number of benzene rings is 3. The predicted molar refractivity (Wildman–Crippen MR) is 129 cm³/mol. The smallest absolute Gasteiger partial charge is 0.280 e. The number of carbonyl (C=O) groups is 1. The molecule has 1 aromatic heterocycles. The Labute approximate surface area is 204 Å². The molecule has 0 aliphatic carbocycles. The largest absolute Gasteiger partial charge is 0.858 e. The molecule has 174 valence electrons. The molecule has 1 aliphatic heterocycles. The molecule has 0 spiro atoms. The van der Waals surface area contributed by atoms with Crippen molar-refractivity contribution in [1.29, 1.82) is 0 Å². The molecule has 9 heteroatoms. The summed E-state index contributed by atoms with van der Waals surface area (Å²) < 4.78 is 10.9. The fraction of sp³-hybridized carbons (Fsp3) is 0.0769. The number of nitro groups is 1. The number of hydrogen-bond acceptors (Lipinski definition) is 7. The molecule has 0 saturated heterocycles. The van der Waals surface area contributed by atoms with Crippen LogP contribution in [0.5, 0.6) is 17.4 Å². The molecular formula is C26H16ClN2O6-. The lowest BCUT2D eigenvalue weighted by atomic mass is 9.93. The van der Waals surface area contributed by atoms with Gasteiger partial charge in [-0.1, -0.05) is 41.9 Å². The van der Waals surface area contributed by atoms with Crippen molar-refractivity contribution in [2.24, 2.45) is 0 Å². The Kier molecular flexibility index (Phi) is 5.80. The van der Waals surface area contributed by atoms with E-state index in [1.807, 2.05) is 6.07 Å². The Bertz CT molecular complexity index is 1520. The summed E-state index contributed by atoms with van der Waals surface area (Å²) in [5.74, 6) is -0.752. The van der Waals surface area contributed by atoms with Gasteiger partial charge in [-0.05, 0) is 47.9 Å². The van der Waals surface area contributed by atoms with Gasteiger partial charge in [0.25, 0.3) is 5.69 Å². The maximum Gasteiger partial charge on any atom is 0.280 e. The maximum absolute atomic E-state index is 13.3. The van der Waals surface area contributed by atoms with Gasteiger partial charge >= 0.3 is 0 Å². The molecule has 0 saturated carbocycles. The minimum atomic E-state index is -0.704. The van der Waals surface area contributed by atoms with Crippen LogP contribution >= 0.6 is 11.6 Å². The van der Waals surface area contributed by atoms with E-state index in [0.29, 0.717) is 39.4 Å². The number of rotatable bonds is 5. The van der Waals surface area contributed by atoms with Crippen molar-refractivity contribution in [3.8, 4) is 28.5 Å². The summed E-state index contributed by atoms with van der Waals surface area (Å²) in [6.07, 6.45) is 2.41. The second kappa shape index (κ2) is 9.08. The highest BCUT2D eigenvalue weighted by Gasteiger charge is 2.22.